The molecule has 0 amide bonds. The van der Waals surface area contributed by atoms with Crippen LogP contribution >= 0.6 is 9.01 Å². The standard InChI is InChI=1S/C7H21BS/c1-6-8-9(3,4,5)7-2/h8-9H,6-7H2,1-5H3. The third kappa shape index (κ3) is 3.91. The number of rotatable bonds is 3. The van der Waals surface area contributed by atoms with Crippen molar-refractivity contribution < 1.29 is 0 Å². The second kappa shape index (κ2) is 2.57. The first-order valence-corrected chi connectivity index (χ1v) is 7.84. The van der Waals surface area contributed by atoms with Gasteiger partial charge in [-0.25, -0.2) is 0 Å². The number of hydrogen-bond acceptors (Lipinski definition) is 0. The molecule has 0 aromatic rings. The van der Waals surface area contributed by atoms with Crippen molar-refractivity contribution in [1.29, 1.82) is 0 Å². The van der Waals surface area contributed by atoms with Crippen molar-refractivity contribution in [3.63, 3.8) is 0 Å². The van der Waals surface area contributed by atoms with Crippen LogP contribution in [0.4, 0.5) is 0 Å². The van der Waals surface area contributed by atoms with Gasteiger partial charge in [0, 0.05) is 0 Å². The van der Waals surface area contributed by atoms with Crippen LogP contribution in [0.15, 0.2) is 0 Å². The molecule has 0 saturated carbocycles. The van der Waals surface area contributed by atoms with Crippen LogP contribution in [-0.2, 0) is 0 Å². The summed E-state index contributed by atoms with van der Waals surface area (Å²) in [5, 5.41) is 0. The van der Waals surface area contributed by atoms with Crippen molar-refractivity contribution in [2.24, 2.45) is 0 Å². The van der Waals surface area contributed by atoms with E-state index in [4.69, 9.17) is 0 Å². The Morgan fingerprint density at radius 3 is 1.67 bits per heavy atom. The summed E-state index contributed by atoms with van der Waals surface area (Å²) in [6.45, 7) is 6.07. The molecule has 0 radical (unpaired) electrons. The molecule has 0 aliphatic carbocycles. The fourth-order valence-corrected chi connectivity index (χ4v) is 2.96. The fourth-order valence-electron chi connectivity index (χ4n) is 0.987. The first kappa shape index (κ1) is 9.41. The SMILES string of the molecule is CCB[SH](C)(C)(C)CC. The molecule has 0 rings (SSSR count). The highest BCUT2D eigenvalue weighted by molar-refractivity contribution is 8.64. The molecule has 0 bridgehead atoms. The van der Waals surface area contributed by atoms with Gasteiger partial charge in [0.25, 0.3) is 0 Å². The predicted octanol–water partition coefficient (Wildman–Crippen LogP) is 1.76. The van der Waals surface area contributed by atoms with Crippen LogP contribution < -0.4 is 0 Å². The van der Waals surface area contributed by atoms with Gasteiger partial charge in [-0.1, -0.05) is 38.9 Å². The average Bonchev–Trinajstić information content (AvgIpc) is 1.66. The zero-order valence-electron chi connectivity index (χ0n) is 7.57. The van der Waals surface area contributed by atoms with Gasteiger partial charge in [0.2, 0.25) is 0 Å². The van der Waals surface area contributed by atoms with E-state index in [-0.39, 0.29) is 0 Å². The molecule has 0 atom stereocenters. The Morgan fingerprint density at radius 2 is 1.56 bits per heavy atom. The molecule has 9 heavy (non-hydrogen) atoms. The minimum absolute atomic E-state index is 1.13. The van der Waals surface area contributed by atoms with Gasteiger partial charge in [0.15, 0.2) is 6.56 Å². The van der Waals surface area contributed by atoms with Crippen molar-refractivity contribution >= 4 is 15.6 Å². The third-order valence-electron chi connectivity index (χ3n) is 2.22. The zero-order chi connectivity index (χ0) is 7.57. The van der Waals surface area contributed by atoms with Crippen LogP contribution in [0.1, 0.15) is 13.8 Å². The van der Waals surface area contributed by atoms with Crippen molar-refractivity contribution in [3.8, 4) is 0 Å². The Morgan fingerprint density at radius 1 is 1.11 bits per heavy atom. The summed E-state index contributed by atoms with van der Waals surface area (Å²) in [5.74, 6) is 1.40. The molecule has 2 heteroatoms. The van der Waals surface area contributed by atoms with Crippen molar-refractivity contribution in [1.82, 2.24) is 0 Å². The maximum atomic E-state index is 2.48. The normalized spacial score (nSPS) is 16.3. The molecule has 0 aliphatic heterocycles. The molecule has 0 N–H and O–H groups in total. The lowest BCUT2D eigenvalue weighted by Gasteiger charge is -2.49. The Bertz CT molecular complexity index is 90.8. The number of hydrogen-bond donors (Lipinski definition) is 1. The minimum atomic E-state index is -1.13. The molecule has 0 unspecified atom stereocenters. The van der Waals surface area contributed by atoms with Gasteiger partial charge in [-0.05, 0) is 5.75 Å². The van der Waals surface area contributed by atoms with E-state index in [0.717, 1.165) is 0 Å². The highest BCUT2D eigenvalue weighted by Crippen LogP contribution is 2.57. The largest absolute Gasteiger partial charge is 0.311 e. The molecule has 0 spiro atoms. The molecule has 0 fully saturated rings. The highest BCUT2D eigenvalue weighted by atomic mass is 32.3. The predicted molar refractivity (Wildman–Crippen MR) is 54.9 cm³/mol. The van der Waals surface area contributed by atoms with Gasteiger partial charge < -0.3 is 9.01 Å². The van der Waals surface area contributed by atoms with Gasteiger partial charge in [-0.3, -0.25) is 0 Å². The highest BCUT2D eigenvalue weighted by Gasteiger charge is 2.22. The van der Waals surface area contributed by atoms with Crippen molar-refractivity contribution in [3.05, 3.63) is 0 Å². The van der Waals surface area contributed by atoms with Gasteiger partial charge >= 0.3 is 0 Å². The first-order valence-electron chi connectivity index (χ1n) is 3.89. The van der Waals surface area contributed by atoms with E-state index in [2.05, 4.69) is 32.6 Å². The summed E-state index contributed by atoms with van der Waals surface area (Å²) in [6, 6.07) is 0. The van der Waals surface area contributed by atoms with Gasteiger partial charge in [0.1, 0.15) is 0 Å². The minimum Gasteiger partial charge on any atom is -0.311 e. The lowest BCUT2D eigenvalue weighted by atomic mass is 10.1. The Hall–Kier alpha value is 0.415. The second-order valence-corrected chi connectivity index (χ2v) is 12.5. The van der Waals surface area contributed by atoms with Crippen molar-refractivity contribution in [2.45, 2.75) is 20.2 Å². The van der Waals surface area contributed by atoms with E-state index in [1.54, 1.807) is 0 Å². The molecule has 0 aromatic carbocycles. The summed E-state index contributed by atoms with van der Waals surface area (Å²) in [4.78, 5) is 0. The fraction of sp³-hybridized carbons (Fsp3) is 1.00. The molecule has 0 saturated heterocycles. The molecular formula is C7H21BS. The lowest BCUT2D eigenvalue weighted by molar-refractivity contribution is 1.45. The smallest absolute Gasteiger partial charge is 0.157 e. The van der Waals surface area contributed by atoms with Crippen LogP contribution in [-0.4, -0.2) is 31.1 Å². The Labute approximate surface area is 60.8 Å². The summed E-state index contributed by atoms with van der Waals surface area (Å²) >= 11 is 0. The van der Waals surface area contributed by atoms with Crippen LogP contribution in [0.2, 0.25) is 6.32 Å². The van der Waals surface area contributed by atoms with Gasteiger partial charge in [0.05, 0.1) is 0 Å². The Kier molecular flexibility index (Phi) is 2.69. The van der Waals surface area contributed by atoms with Crippen LogP contribution in [0, 0.1) is 0 Å². The van der Waals surface area contributed by atoms with Crippen LogP contribution in [0.3, 0.4) is 0 Å². The molecule has 58 valence electrons. The summed E-state index contributed by atoms with van der Waals surface area (Å²) in [6.07, 6.45) is 8.80. The Balaban J connectivity index is 3.95. The zero-order valence-corrected chi connectivity index (χ0v) is 8.46. The average molecular weight is 148 g/mol. The maximum Gasteiger partial charge on any atom is 0.157 e. The van der Waals surface area contributed by atoms with E-state index in [9.17, 15) is 0 Å². The van der Waals surface area contributed by atoms with E-state index < -0.39 is 9.01 Å². The van der Waals surface area contributed by atoms with Crippen LogP contribution in [0.25, 0.3) is 0 Å². The second-order valence-electron chi connectivity index (χ2n) is 4.50. The van der Waals surface area contributed by atoms with E-state index in [1.807, 2.05) is 0 Å². The summed E-state index contributed by atoms with van der Waals surface area (Å²) in [7, 11) is -1.13. The summed E-state index contributed by atoms with van der Waals surface area (Å²) in [5.41, 5.74) is 0. The quantitative estimate of drug-likeness (QED) is 0.457. The van der Waals surface area contributed by atoms with Crippen LogP contribution in [0.5, 0.6) is 0 Å². The third-order valence-corrected chi connectivity index (χ3v) is 6.67. The van der Waals surface area contributed by atoms with Gasteiger partial charge in [-0.2, -0.15) is 0 Å². The lowest BCUT2D eigenvalue weighted by Crippen LogP contribution is -2.22. The molecule has 0 heterocycles. The first-order chi connectivity index (χ1) is 3.89. The van der Waals surface area contributed by atoms with E-state index in [0.29, 0.717) is 0 Å². The monoisotopic (exact) mass is 148 g/mol. The van der Waals surface area contributed by atoms with Gasteiger partial charge in [-0.15, -0.1) is 0 Å². The summed E-state index contributed by atoms with van der Waals surface area (Å²) < 4.78 is 0. The van der Waals surface area contributed by atoms with E-state index >= 15 is 0 Å². The topological polar surface area (TPSA) is 0 Å². The molecule has 0 nitrogen and oxygen atoms in total. The van der Waals surface area contributed by atoms with Crippen molar-refractivity contribution in [2.75, 3.05) is 24.5 Å². The molecule has 0 aliphatic rings. The molecular weight excluding hydrogens is 127 g/mol. The van der Waals surface area contributed by atoms with E-state index in [1.165, 1.54) is 18.6 Å². The number of thiol groups is 1. The molecule has 0 aromatic heterocycles. The maximum absolute atomic E-state index is 2.48.